The minimum atomic E-state index is -2.87. The number of allylic oxidation sites excluding steroid dienone is 2. The molecule has 1 aromatic carbocycles. The predicted molar refractivity (Wildman–Crippen MR) is 68.2 cm³/mol. The van der Waals surface area contributed by atoms with E-state index in [1.165, 1.54) is 12.1 Å². The van der Waals surface area contributed by atoms with Gasteiger partial charge in [0.05, 0.1) is 0 Å². The number of nitrogens with one attached hydrogen (secondary N) is 1. The lowest BCUT2D eigenvalue weighted by Crippen LogP contribution is -2.14. The van der Waals surface area contributed by atoms with Gasteiger partial charge in [0.25, 0.3) is 0 Å². The lowest BCUT2D eigenvalue weighted by molar-refractivity contribution is -0.116. The van der Waals surface area contributed by atoms with E-state index in [1.807, 2.05) is 6.08 Å². The van der Waals surface area contributed by atoms with E-state index in [1.54, 1.807) is 12.1 Å². The molecule has 1 N–H and O–H groups in total. The molecule has 1 aromatic rings. The van der Waals surface area contributed by atoms with Crippen molar-refractivity contribution in [1.29, 1.82) is 0 Å². The standard InChI is InChI=1S/C14H15F2NO2/c15-14(16)19-12-7-3-6-11(9-12)17-13(18)8-10-4-1-2-5-10/h1,3-4,6-7,9-10,14H,2,5,8H2,(H,17,18)/t10-/m1/s1. The zero-order chi connectivity index (χ0) is 13.7. The minimum Gasteiger partial charge on any atom is -0.435 e. The van der Waals surface area contributed by atoms with E-state index in [-0.39, 0.29) is 17.6 Å². The van der Waals surface area contributed by atoms with Gasteiger partial charge in [-0.25, -0.2) is 0 Å². The highest BCUT2D eigenvalue weighted by atomic mass is 19.3. The summed E-state index contributed by atoms with van der Waals surface area (Å²) in [6.07, 6.45) is 6.51. The quantitative estimate of drug-likeness (QED) is 0.828. The van der Waals surface area contributed by atoms with Crippen LogP contribution in [0.25, 0.3) is 0 Å². The van der Waals surface area contributed by atoms with Crippen LogP contribution in [0.2, 0.25) is 0 Å². The number of anilines is 1. The number of benzene rings is 1. The molecular formula is C14H15F2NO2. The van der Waals surface area contributed by atoms with Crippen LogP contribution in [-0.4, -0.2) is 12.5 Å². The van der Waals surface area contributed by atoms with Crippen molar-refractivity contribution in [3.05, 3.63) is 36.4 Å². The van der Waals surface area contributed by atoms with Crippen molar-refractivity contribution < 1.29 is 18.3 Å². The molecule has 0 saturated heterocycles. The van der Waals surface area contributed by atoms with Crippen LogP contribution in [0.1, 0.15) is 19.3 Å². The summed E-state index contributed by atoms with van der Waals surface area (Å²) in [5, 5.41) is 2.68. The third-order valence-electron chi connectivity index (χ3n) is 2.90. The molecule has 19 heavy (non-hydrogen) atoms. The number of alkyl halides is 2. The monoisotopic (exact) mass is 267 g/mol. The largest absolute Gasteiger partial charge is 0.435 e. The summed E-state index contributed by atoms with van der Waals surface area (Å²) in [4.78, 5) is 11.8. The molecule has 3 nitrogen and oxygen atoms in total. The van der Waals surface area contributed by atoms with Crippen molar-refractivity contribution in [1.82, 2.24) is 0 Å². The first-order valence-corrected chi connectivity index (χ1v) is 6.15. The molecule has 0 heterocycles. The molecule has 1 aliphatic carbocycles. The van der Waals surface area contributed by atoms with Gasteiger partial charge in [0.15, 0.2) is 0 Å². The van der Waals surface area contributed by atoms with Gasteiger partial charge in [-0.15, -0.1) is 0 Å². The second-order valence-corrected chi connectivity index (χ2v) is 4.42. The van der Waals surface area contributed by atoms with E-state index in [9.17, 15) is 13.6 Å². The van der Waals surface area contributed by atoms with Crippen molar-refractivity contribution in [2.24, 2.45) is 5.92 Å². The van der Waals surface area contributed by atoms with E-state index in [0.29, 0.717) is 12.1 Å². The molecule has 0 saturated carbocycles. The SMILES string of the molecule is O=C(C[C@@H]1C=CCC1)Nc1cccc(OC(F)F)c1. The van der Waals surface area contributed by atoms with Crippen LogP contribution in [0.4, 0.5) is 14.5 Å². The van der Waals surface area contributed by atoms with E-state index < -0.39 is 6.61 Å². The second kappa shape index (κ2) is 6.31. The number of carbonyl (C=O) groups is 1. The first-order valence-electron chi connectivity index (χ1n) is 6.15. The van der Waals surface area contributed by atoms with Crippen molar-refractivity contribution >= 4 is 11.6 Å². The van der Waals surface area contributed by atoms with Crippen LogP contribution in [-0.2, 0) is 4.79 Å². The first kappa shape index (κ1) is 13.5. The van der Waals surface area contributed by atoms with Crippen LogP contribution in [0.3, 0.4) is 0 Å². The van der Waals surface area contributed by atoms with Gasteiger partial charge in [0, 0.05) is 18.2 Å². The van der Waals surface area contributed by atoms with Gasteiger partial charge >= 0.3 is 6.61 Å². The Kier molecular flexibility index (Phi) is 4.49. The molecule has 2 rings (SSSR count). The summed E-state index contributed by atoms with van der Waals surface area (Å²) < 4.78 is 28.4. The molecule has 5 heteroatoms. The van der Waals surface area contributed by atoms with Crippen molar-refractivity contribution in [3.8, 4) is 5.75 Å². The fourth-order valence-electron chi connectivity index (χ4n) is 2.07. The van der Waals surface area contributed by atoms with Crippen LogP contribution in [0.5, 0.6) is 5.75 Å². The number of halogens is 2. The van der Waals surface area contributed by atoms with Gasteiger partial charge in [0.1, 0.15) is 5.75 Å². The molecule has 0 fully saturated rings. The average Bonchev–Trinajstić information content (AvgIpc) is 2.81. The second-order valence-electron chi connectivity index (χ2n) is 4.42. The van der Waals surface area contributed by atoms with Gasteiger partial charge < -0.3 is 10.1 Å². The van der Waals surface area contributed by atoms with Crippen molar-refractivity contribution in [2.45, 2.75) is 25.9 Å². The van der Waals surface area contributed by atoms with Gasteiger partial charge in [-0.3, -0.25) is 4.79 Å². The zero-order valence-electron chi connectivity index (χ0n) is 10.3. The van der Waals surface area contributed by atoms with Crippen molar-refractivity contribution in [3.63, 3.8) is 0 Å². The number of amides is 1. The van der Waals surface area contributed by atoms with Crippen LogP contribution in [0, 0.1) is 5.92 Å². The number of ether oxygens (including phenoxy) is 1. The van der Waals surface area contributed by atoms with Gasteiger partial charge in [-0.05, 0) is 30.9 Å². The highest BCUT2D eigenvalue weighted by Crippen LogP contribution is 2.22. The van der Waals surface area contributed by atoms with E-state index in [4.69, 9.17) is 0 Å². The molecule has 0 bridgehead atoms. The highest BCUT2D eigenvalue weighted by Gasteiger charge is 2.14. The van der Waals surface area contributed by atoms with Gasteiger partial charge in [0.2, 0.25) is 5.91 Å². The Labute approximate surface area is 110 Å². The maximum atomic E-state index is 12.1. The van der Waals surface area contributed by atoms with Crippen LogP contribution in [0.15, 0.2) is 36.4 Å². The fourth-order valence-corrected chi connectivity index (χ4v) is 2.07. The smallest absolute Gasteiger partial charge is 0.387 e. The molecule has 0 radical (unpaired) electrons. The topological polar surface area (TPSA) is 38.3 Å². The normalized spacial score (nSPS) is 17.7. The average molecular weight is 267 g/mol. The summed E-state index contributed by atoms with van der Waals surface area (Å²) in [6.45, 7) is -2.87. The molecular weight excluding hydrogens is 252 g/mol. The Morgan fingerprint density at radius 3 is 3.00 bits per heavy atom. The first-order chi connectivity index (χ1) is 9.13. The summed E-state index contributed by atoms with van der Waals surface area (Å²) >= 11 is 0. The van der Waals surface area contributed by atoms with Gasteiger partial charge in [-0.1, -0.05) is 18.2 Å². The lowest BCUT2D eigenvalue weighted by Gasteiger charge is -2.10. The predicted octanol–water partition coefficient (Wildman–Crippen LogP) is 3.58. The van der Waals surface area contributed by atoms with E-state index in [2.05, 4.69) is 16.1 Å². The lowest BCUT2D eigenvalue weighted by atomic mass is 10.1. The Morgan fingerprint density at radius 2 is 2.32 bits per heavy atom. The molecule has 0 aliphatic heterocycles. The molecule has 0 spiro atoms. The summed E-state index contributed by atoms with van der Waals surface area (Å²) in [5.74, 6) is 0.194. The minimum absolute atomic E-state index is 0.0357. The molecule has 1 aliphatic rings. The molecule has 0 unspecified atom stereocenters. The molecule has 102 valence electrons. The number of hydrogen-bond donors (Lipinski definition) is 1. The maximum absolute atomic E-state index is 12.1. The number of carbonyl (C=O) groups excluding carboxylic acids is 1. The zero-order valence-corrected chi connectivity index (χ0v) is 10.3. The van der Waals surface area contributed by atoms with Gasteiger partial charge in [-0.2, -0.15) is 8.78 Å². The van der Waals surface area contributed by atoms with Crippen molar-refractivity contribution in [2.75, 3.05) is 5.32 Å². The highest BCUT2D eigenvalue weighted by molar-refractivity contribution is 5.91. The van der Waals surface area contributed by atoms with E-state index >= 15 is 0 Å². The maximum Gasteiger partial charge on any atom is 0.387 e. The fraction of sp³-hybridized carbons (Fsp3) is 0.357. The summed E-state index contributed by atoms with van der Waals surface area (Å²) in [5.41, 5.74) is 0.463. The Hall–Kier alpha value is -1.91. The Balaban J connectivity index is 1.90. The molecule has 0 aromatic heterocycles. The Bertz CT molecular complexity index is 474. The summed E-state index contributed by atoms with van der Waals surface area (Å²) in [6, 6.07) is 6.00. The Morgan fingerprint density at radius 1 is 1.47 bits per heavy atom. The summed E-state index contributed by atoms with van der Waals surface area (Å²) in [7, 11) is 0. The third-order valence-corrected chi connectivity index (χ3v) is 2.90. The molecule has 1 amide bonds. The number of hydrogen-bond acceptors (Lipinski definition) is 2. The van der Waals surface area contributed by atoms with Crippen LogP contribution >= 0.6 is 0 Å². The van der Waals surface area contributed by atoms with Crippen LogP contribution < -0.4 is 10.1 Å². The third kappa shape index (κ3) is 4.35. The number of rotatable bonds is 5. The van der Waals surface area contributed by atoms with E-state index in [0.717, 1.165) is 12.8 Å². The molecule has 1 atom stereocenters.